The summed E-state index contributed by atoms with van der Waals surface area (Å²) in [7, 11) is 0. The smallest absolute Gasteiger partial charge is 0.0696 e. The topological polar surface area (TPSA) is 20.2 Å². The van der Waals surface area contributed by atoms with E-state index >= 15 is 0 Å². The average Bonchev–Trinajstić information content (AvgIpc) is 2.62. The van der Waals surface area contributed by atoms with Crippen LogP contribution in [-0.2, 0) is 0 Å². The normalized spacial score (nSPS) is 35.3. The van der Waals surface area contributed by atoms with Crippen molar-refractivity contribution in [1.82, 2.24) is 0 Å². The van der Waals surface area contributed by atoms with Crippen LogP contribution in [0.1, 0.15) is 24.8 Å². The van der Waals surface area contributed by atoms with Crippen LogP contribution >= 0.6 is 0 Å². The maximum atomic E-state index is 9.55. The highest BCUT2D eigenvalue weighted by Gasteiger charge is 2.49. The highest BCUT2D eigenvalue weighted by molar-refractivity contribution is 5.29. The molecule has 0 spiro atoms. The first-order chi connectivity index (χ1) is 5.20. The Labute approximate surface area is 66.7 Å². The van der Waals surface area contributed by atoms with E-state index < -0.39 is 5.60 Å². The lowest BCUT2D eigenvalue weighted by atomic mass is 10.1. The van der Waals surface area contributed by atoms with Gasteiger partial charge in [-0.05, 0) is 18.9 Å². The molecule has 1 aliphatic carbocycles. The Morgan fingerprint density at radius 2 is 1.91 bits per heavy atom. The van der Waals surface area contributed by atoms with Gasteiger partial charge in [-0.1, -0.05) is 30.3 Å². The molecule has 0 unspecified atom stereocenters. The lowest BCUT2D eigenvalue weighted by molar-refractivity contribution is 0.164. The summed E-state index contributed by atoms with van der Waals surface area (Å²) in [5.74, 6) is 0.378. The van der Waals surface area contributed by atoms with Crippen molar-refractivity contribution in [2.75, 3.05) is 0 Å². The van der Waals surface area contributed by atoms with Crippen LogP contribution in [0.4, 0.5) is 0 Å². The SMILES string of the molecule is C[C@]1(O)C[C@@H]1c1ccccc1. The van der Waals surface area contributed by atoms with E-state index in [1.54, 1.807) is 0 Å². The van der Waals surface area contributed by atoms with Crippen molar-refractivity contribution in [3.05, 3.63) is 35.9 Å². The summed E-state index contributed by atoms with van der Waals surface area (Å²) in [5, 5.41) is 9.55. The lowest BCUT2D eigenvalue weighted by Crippen LogP contribution is -2.01. The molecule has 2 atom stereocenters. The van der Waals surface area contributed by atoms with Crippen LogP contribution in [0, 0.1) is 0 Å². The zero-order valence-corrected chi connectivity index (χ0v) is 6.62. The van der Waals surface area contributed by atoms with Crippen molar-refractivity contribution in [3.63, 3.8) is 0 Å². The van der Waals surface area contributed by atoms with E-state index in [1.807, 2.05) is 25.1 Å². The molecule has 11 heavy (non-hydrogen) atoms. The summed E-state index contributed by atoms with van der Waals surface area (Å²) in [4.78, 5) is 0. The van der Waals surface area contributed by atoms with Crippen molar-refractivity contribution in [1.29, 1.82) is 0 Å². The van der Waals surface area contributed by atoms with Gasteiger partial charge in [-0.25, -0.2) is 0 Å². The van der Waals surface area contributed by atoms with E-state index in [-0.39, 0.29) is 0 Å². The molecule has 0 bridgehead atoms. The average molecular weight is 148 g/mol. The summed E-state index contributed by atoms with van der Waals surface area (Å²) in [5.41, 5.74) is 0.832. The van der Waals surface area contributed by atoms with Gasteiger partial charge in [0.25, 0.3) is 0 Å². The molecule has 0 heterocycles. The Balaban J connectivity index is 2.21. The number of hydrogen-bond donors (Lipinski definition) is 1. The van der Waals surface area contributed by atoms with E-state index in [0.29, 0.717) is 5.92 Å². The molecule has 1 aromatic rings. The van der Waals surface area contributed by atoms with Gasteiger partial charge >= 0.3 is 0 Å². The number of hydrogen-bond acceptors (Lipinski definition) is 1. The van der Waals surface area contributed by atoms with Crippen molar-refractivity contribution in [2.45, 2.75) is 24.9 Å². The largest absolute Gasteiger partial charge is 0.390 e. The fourth-order valence-electron chi connectivity index (χ4n) is 1.52. The van der Waals surface area contributed by atoms with Crippen molar-refractivity contribution in [2.24, 2.45) is 0 Å². The van der Waals surface area contributed by atoms with Crippen molar-refractivity contribution >= 4 is 0 Å². The standard InChI is InChI=1S/C10H12O/c1-10(11)7-9(10)8-5-3-2-4-6-8/h2-6,9,11H,7H2,1H3/t9-,10+/m1/s1. The van der Waals surface area contributed by atoms with Crippen LogP contribution in [0.5, 0.6) is 0 Å². The van der Waals surface area contributed by atoms with Crippen LogP contribution in [0.3, 0.4) is 0 Å². The highest BCUT2D eigenvalue weighted by atomic mass is 16.3. The molecule has 0 saturated heterocycles. The fraction of sp³-hybridized carbons (Fsp3) is 0.400. The van der Waals surface area contributed by atoms with Gasteiger partial charge in [0.05, 0.1) is 5.60 Å². The minimum absolute atomic E-state index is 0.378. The first-order valence-electron chi connectivity index (χ1n) is 3.97. The predicted octanol–water partition coefficient (Wildman–Crippen LogP) is 1.92. The quantitative estimate of drug-likeness (QED) is 0.645. The van der Waals surface area contributed by atoms with Crippen molar-refractivity contribution < 1.29 is 5.11 Å². The first-order valence-corrected chi connectivity index (χ1v) is 3.97. The van der Waals surface area contributed by atoms with Crippen LogP contribution < -0.4 is 0 Å². The predicted molar refractivity (Wildman–Crippen MR) is 44.4 cm³/mol. The molecule has 0 amide bonds. The molecule has 58 valence electrons. The van der Waals surface area contributed by atoms with Gasteiger partial charge < -0.3 is 5.11 Å². The second kappa shape index (κ2) is 2.08. The highest BCUT2D eigenvalue weighted by Crippen LogP contribution is 2.50. The third-order valence-corrected chi connectivity index (χ3v) is 2.41. The minimum atomic E-state index is -0.429. The molecule has 1 N–H and O–H groups in total. The summed E-state index contributed by atoms with van der Waals surface area (Å²) in [6.45, 7) is 1.89. The molecule has 0 aromatic heterocycles. The minimum Gasteiger partial charge on any atom is -0.390 e. The van der Waals surface area contributed by atoms with Gasteiger partial charge in [0.1, 0.15) is 0 Å². The number of benzene rings is 1. The van der Waals surface area contributed by atoms with Crippen LogP contribution in [-0.4, -0.2) is 10.7 Å². The van der Waals surface area contributed by atoms with E-state index in [2.05, 4.69) is 12.1 Å². The van der Waals surface area contributed by atoms with E-state index in [0.717, 1.165) is 6.42 Å². The van der Waals surface area contributed by atoms with Gasteiger partial charge in [-0.3, -0.25) is 0 Å². The molecule has 1 aromatic carbocycles. The van der Waals surface area contributed by atoms with Gasteiger partial charge in [0, 0.05) is 5.92 Å². The maximum Gasteiger partial charge on any atom is 0.0696 e. The molecule has 2 rings (SSSR count). The van der Waals surface area contributed by atoms with Crippen LogP contribution in [0.2, 0.25) is 0 Å². The van der Waals surface area contributed by atoms with Crippen LogP contribution in [0.25, 0.3) is 0 Å². The fourth-order valence-corrected chi connectivity index (χ4v) is 1.52. The van der Waals surface area contributed by atoms with E-state index in [4.69, 9.17) is 0 Å². The second-order valence-corrected chi connectivity index (χ2v) is 3.52. The molecular weight excluding hydrogens is 136 g/mol. The number of aliphatic hydroxyl groups is 1. The molecule has 1 aliphatic rings. The summed E-state index contributed by atoms with van der Waals surface area (Å²) >= 11 is 0. The Morgan fingerprint density at radius 1 is 1.36 bits per heavy atom. The molecular formula is C10H12O. The maximum absolute atomic E-state index is 9.55. The second-order valence-electron chi connectivity index (χ2n) is 3.52. The Morgan fingerprint density at radius 3 is 2.36 bits per heavy atom. The first kappa shape index (κ1) is 6.86. The van der Waals surface area contributed by atoms with Crippen molar-refractivity contribution in [3.8, 4) is 0 Å². The molecule has 0 radical (unpaired) electrons. The summed E-state index contributed by atoms with van der Waals surface area (Å²) in [6, 6.07) is 10.2. The van der Waals surface area contributed by atoms with Gasteiger partial charge in [-0.15, -0.1) is 0 Å². The van der Waals surface area contributed by atoms with E-state index in [9.17, 15) is 5.11 Å². The third-order valence-electron chi connectivity index (χ3n) is 2.41. The van der Waals surface area contributed by atoms with Gasteiger partial charge in [0.2, 0.25) is 0 Å². The summed E-state index contributed by atoms with van der Waals surface area (Å²) in [6.07, 6.45) is 0.914. The third kappa shape index (κ3) is 1.16. The molecule has 1 heteroatoms. The zero-order valence-electron chi connectivity index (χ0n) is 6.62. The Kier molecular flexibility index (Phi) is 1.30. The van der Waals surface area contributed by atoms with Gasteiger partial charge in [0.15, 0.2) is 0 Å². The Bertz CT molecular complexity index is 251. The lowest BCUT2D eigenvalue weighted by Gasteiger charge is -2.01. The molecule has 0 aliphatic heterocycles. The van der Waals surface area contributed by atoms with Crippen LogP contribution in [0.15, 0.2) is 30.3 Å². The van der Waals surface area contributed by atoms with Gasteiger partial charge in [-0.2, -0.15) is 0 Å². The molecule has 1 saturated carbocycles. The Hall–Kier alpha value is -0.820. The molecule has 1 fully saturated rings. The van der Waals surface area contributed by atoms with E-state index in [1.165, 1.54) is 5.56 Å². The number of rotatable bonds is 1. The monoisotopic (exact) mass is 148 g/mol. The zero-order chi connectivity index (χ0) is 7.90. The molecule has 1 nitrogen and oxygen atoms in total. The summed E-state index contributed by atoms with van der Waals surface area (Å²) < 4.78 is 0.